The molecule has 0 aliphatic heterocycles. The molecule has 9 heteroatoms. The first-order valence-corrected chi connectivity index (χ1v) is 11.6. The maximum atomic E-state index is 12.4. The molecule has 0 aliphatic rings. The van der Waals surface area contributed by atoms with Crippen molar-refractivity contribution in [1.29, 1.82) is 0 Å². The summed E-state index contributed by atoms with van der Waals surface area (Å²) in [6.45, 7) is 2.64. The van der Waals surface area contributed by atoms with Crippen LogP contribution in [-0.2, 0) is 25.9 Å². The minimum absolute atomic E-state index is 0.183. The lowest BCUT2D eigenvalue weighted by atomic mass is 10.2. The van der Waals surface area contributed by atoms with Crippen LogP contribution in [-0.4, -0.2) is 45.5 Å². The Morgan fingerprint density at radius 2 is 1.97 bits per heavy atom. The first kappa shape index (κ1) is 21.2. The molecule has 29 heavy (non-hydrogen) atoms. The quantitative estimate of drug-likeness (QED) is 0.570. The van der Waals surface area contributed by atoms with Gasteiger partial charge in [0.1, 0.15) is 5.75 Å². The molecular formula is C20H22N2O5S2. The zero-order chi connectivity index (χ0) is 21.0. The average Bonchev–Trinajstić information content (AvgIpc) is 3.01. The lowest BCUT2D eigenvalue weighted by Gasteiger charge is -2.06. The topological polar surface area (TPSA) is 87.0 Å². The van der Waals surface area contributed by atoms with Crippen molar-refractivity contribution in [2.45, 2.75) is 18.4 Å². The molecule has 0 unspecified atom stereocenters. The number of hydrogen-bond donors (Lipinski definition) is 0. The third-order valence-corrected chi connectivity index (χ3v) is 6.42. The van der Waals surface area contributed by atoms with Gasteiger partial charge in [0.2, 0.25) is 0 Å². The molecule has 1 amide bonds. The fourth-order valence-electron chi connectivity index (χ4n) is 2.76. The summed E-state index contributed by atoms with van der Waals surface area (Å²) in [6, 6.07) is 12.3. The van der Waals surface area contributed by atoms with Crippen LogP contribution < -0.4 is 9.54 Å². The molecule has 7 nitrogen and oxygen atoms in total. The van der Waals surface area contributed by atoms with Crippen molar-refractivity contribution in [2.24, 2.45) is 4.99 Å². The van der Waals surface area contributed by atoms with Crippen LogP contribution in [0.25, 0.3) is 10.2 Å². The number of aromatic nitrogens is 1. The molecule has 0 fully saturated rings. The van der Waals surface area contributed by atoms with Crippen molar-refractivity contribution in [3.63, 3.8) is 0 Å². The number of carbonyl (C=O) groups excluding carboxylic acids is 1. The van der Waals surface area contributed by atoms with E-state index in [-0.39, 0.29) is 11.5 Å². The highest BCUT2D eigenvalue weighted by Crippen LogP contribution is 2.22. The zero-order valence-corrected chi connectivity index (χ0v) is 18.0. The van der Waals surface area contributed by atoms with Gasteiger partial charge in [-0.05, 0) is 36.8 Å². The monoisotopic (exact) mass is 434 g/mol. The number of para-hydroxylation sites is 1. The second-order valence-corrected chi connectivity index (χ2v) is 9.52. The number of benzene rings is 2. The fourth-order valence-corrected chi connectivity index (χ4v) is 4.60. The van der Waals surface area contributed by atoms with Crippen LogP contribution in [0, 0.1) is 6.92 Å². The second kappa shape index (κ2) is 8.89. The van der Waals surface area contributed by atoms with E-state index >= 15 is 0 Å². The first-order valence-electron chi connectivity index (χ1n) is 8.88. The largest absolute Gasteiger partial charge is 0.483 e. The van der Waals surface area contributed by atoms with Crippen LogP contribution in [0.2, 0.25) is 0 Å². The Kier molecular flexibility index (Phi) is 6.51. The van der Waals surface area contributed by atoms with E-state index in [0.717, 1.165) is 15.8 Å². The average molecular weight is 435 g/mol. The van der Waals surface area contributed by atoms with Crippen molar-refractivity contribution in [2.75, 3.05) is 26.6 Å². The van der Waals surface area contributed by atoms with Crippen LogP contribution in [0.4, 0.5) is 0 Å². The number of carbonyl (C=O) groups is 1. The maximum Gasteiger partial charge on any atom is 0.286 e. The Morgan fingerprint density at radius 3 is 2.66 bits per heavy atom. The van der Waals surface area contributed by atoms with Crippen LogP contribution in [0.5, 0.6) is 5.75 Å². The van der Waals surface area contributed by atoms with Gasteiger partial charge in [-0.15, -0.1) is 0 Å². The van der Waals surface area contributed by atoms with Crippen molar-refractivity contribution in [3.05, 3.63) is 52.8 Å². The Bertz CT molecular complexity index is 1210. The SMILES string of the molecule is COCCn1c(=NC(=O)COc2ccccc2C)sc2cc(S(C)(=O)=O)ccc21. The molecule has 0 radical (unpaired) electrons. The first-order chi connectivity index (χ1) is 13.8. The van der Waals surface area contributed by atoms with Gasteiger partial charge < -0.3 is 14.0 Å². The molecule has 0 bridgehead atoms. The molecular weight excluding hydrogens is 412 g/mol. The van der Waals surface area contributed by atoms with E-state index in [1.807, 2.05) is 29.7 Å². The van der Waals surface area contributed by atoms with Crippen molar-refractivity contribution >= 4 is 37.3 Å². The third kappa shape index (κ3) is 5.11. The molecule has 0 spiro atoms. The van der Waals surface area contributed by atoms with Crippen LogP contribution in [0.3, 0.4) is 0 Å². The molecule has 0 saturated carbocycles. The van der Waals surface area contributed by atoms with Crippen LogP contribution >= 0.6 is 11.3 Å². The van der Waals surface area contributed by atoms with Crippen molar-refractivity contribution < 1.29 is 22.7 Å². The number of sulfone groups is 1. The van der Waals surface area contributed by atoms with E-state index < -0.39 is 15.7 Å². The van der Waals surface area contributed by atoms with Crippen LogP contribution in [0.1, 0.15) is 5.56 Å². The number of rotatable bonds is 7. The lowest BCUT2D eigenvalue weighted by molar-refractivity contribution is -0.120. The maximum absolute atomic E-state index is 12.4. The Hall–Kier alpha value is -2.49. The Morgan fingerprint density at radius 1 is 1.21 bits per heavy atom. The van der Waals surface area contributed by atoms with Gasteiger partial charge >= 0.3 is 0 Å². The second-order valence-electron chi connectivity index (χ2n) is 6.49. The number of amides is 1. The zero-order valence-electron chi connectivity index (χ0n) is 16.4. The number of aryl methyl sites for hydroxylation is 1. The predicted molar refractivity (Wildman–Crippen MR) is 112 cm³/mol. The smallest absolute Gasteiger partial charge is 0.286 e. The van der Waals surface area contributed by atoms with E-state index in [2.05, 4.69) is 4.99 Å². The number of fused-ring (bicyclic) bond motifs is 1. The van der Waals surface area contributed by atoms with E-state index in [4.69, 9.17) is 9.47 Å². The summed E-state index contributed by atoms with van der Waals surface area (Å²) in [5, 5.41) is 0. The highest BCUT2D eigenvalue weighted by atomic mass is 32.2. The molecule has 2 aromatic carbocycles. The number of thiazole rings is 1. The standard InChI is InChI=1S/C20H22N2O5S2/c1-14-6-4-5-7-17(14)27-13-19(23)21-20-22(10-11-26-2)16-9-8-15(29(3,24)25)12-18(16)28-20/h4-9,12H,10-11,13H2,1-3H3. The minimum atomic E-state index is -3.33. The Labute approximate surface area is 173 Å². The summed E-state index contributed by atoms with van der Waals surface area (Å²) in [5.41, 5.74) is 1.73. The van der Waals surface area contributed by atoms with Gasteiger partial charge in [-0.2, -0.15) is 4.99 Å². The van der Waals surface area contributed by atoms with E-state index in [1.165, 1.54) is 17.6 Å². The van der Waals surface area contributed by atoms with Gasteiger partial charge in [0.25, 0.3) is 5.91 Å². The van der Waals surface area contributed by atoms with Gasteiger partial charge in [-0.25, -0.2) is 8.42 Å². The van der Waals surface area contributed by atoms with Gasteiger partial charge in [0.05, 0.1) is 21.7 Å². The molecule has 1 aromatic heterocycles. The summed E-state index contributed by atoms with van der Waals surface area (Å²) in [7, 11) is -1.73. The molecule has 1 heterocycles. The van der Waals surface area contributed by atoms with E-state index in [1.54, 1.807) is 31.4 Å². The molecule has 154 valence electrons. The molecule has 0 N–H and O–H groups in total. The van der Waals surface area contributed by atoms with Gasteiger partial charge in [-0.1, -0.05) is 29.5 Å². The number of ether oxygens (including phenoxy) is 2. The van der Waals surface area contributed by atoms with Crippen molar-refractivity contribution in [3.8, 4) is 5.75 Å². The Balaban J connectivity index is 1.95. The summed E-state index contributed by atoms with van der Waals surface area (Å²) >= 11 is 1.26. The summed E-state index contributed by atoms with van der Waals surface area (Å²) < 4.78 is 37.0. The van der Waals surface area contributed by atoms with Gasteiger partial charge in [-0.3, -0.25) is 4.79 Å². The van der Waals surface area contributed by atoms with Gasteiger partial charge in [0.15, 0.2) is 21.2 Å². The van der Waals surface area contributed by atoms with E-state index in [0.29, 0.717) is 23.7 Å². The summed E-state index contributed by atoms with van der Waals surface area (Å²) in [6.07, 6.45) is 1.17. The molecule has 0 saturated heterocycles. The molecule has 0 aliphatic carbocycles. The number of methoxy groups -OCH3 is 1. The van der Waals surface area contributed by atoms with Crippen LogP contribution in [0.15, 0.2) is 52.4 Å². The molecule has 3 aromatic rings. The summed E-state index contributed by atoms with van der Waals surface area (Å²) in [4.78, 5) is 17.3. The van der Waals surface area contributed by atoms with Crippen molar-refractivity contribution in [1.82, 2.24) is 4.57 Å². The highest BCUT2D eigenvalue weighted by molar-refractivity contribution is 7.90. The highest BCUT2D eigenvalue weighted by Gasteiger charge is 2.13. The number of nitrogens with zero attached hydrogens (tertiary/aromatic N) is 2. The number of hydrogen-bond acceptors (Lipinski definition) is 6. The summed E-state index contributed by atoms with van der Waals surface area (Å²) in [5.74, 6) is 0.215. The molecule has 0 atom stereocenters. The predicted octanol–water partition coefficient (Wildman–Crippen LogP) is 2.57. The minimum Gasteiger partial charge on any atom is -0.483 e. The third-order valence-electron chi connectivity index (χ3n) is 4.27. The fraction of sp³-hybridized carbons (Fsp3) is 0.300. The normalized spacial score (nSPS) is 12.4. The molecule has 3 rings (SSSR count). The van der Waals surface area contributed by atoms with E-state index in [9.17, 15) is 13.2 Å². The van der Waals surface area contributed by atoms with Gasteiger partial charge in [0, 0.05) is 19.9 Å². The lowest BCUT2D eigenvalue weighted by Crippen LogP contribution is -2.21.